The molecule has 0 spiro atoms. The first-order valence-corrected chi connectivity index (χ1v) is 6.20. The van der Waals surface area contributed by atoms with Gasteiger partial charge in [-0.05, 0) is 49.9 Å². The van der Waals surface area contributed by atoms with Crippen LogP contribution in [0.15, 0.2) is 24.3 Å². The van der Waals surface area contributed by atoms with Crippen molar-refractivity contribution in [2.75, 3.05) is 13.7 Å². The van der Waals surface area contributed by atoms with E-state index >= 15 is 0 Å². The van der Waals surface area contributed by atoms with Crippen LogP contribution in [0.25, 0.3) is 0 Å². The third-order valence-corrected chi connectivity index (χ3v) is 3.32. The molecule has 1 saturated heterocycles. The SMILES string of the molecule is COC(=O)c1ccc(CCC2CCCN2)cc1. The highest BCUT2D eigenvalue weighted by Crippen LogP contribution is 2.13. The van der Waals surface area contributed by atoms with E-state index in [0.29, 0.717) is 11.6 Å². The molecule has 1 heterocycles. The highest BCUT2D eigenvalue weighted by Gasteiger charge is 2.13. The Labute approximate surface area is 102 Å². The van der Waals surface area contributed by atoms with Crippen molar-refractivity contribution in [3.63, 3.8) is 0 Å². The second-order valence-electron chi connectivity index (χ2n) is 4.52. The summed E-state index contributed by atoms with van der Waals surface area (Å²) in [5.74, 6) is -0.269. The van der Waals surface area contributed by atoms with Gasteiger partial charge < -0.3 is 10.1 Å². The van der Waals surface area contributed by atoms with Gasteiger partial charge in [0.05, 0.1) is 12.7 Å². The van der Waals surface area contributed by atoms with Crippen molar-refractivity contribution >= 4 is 5.97 Å². The average Bonchev–Trinajstić information content (AvgIpc) is 2.89. The number of ether oxygens (including phenoxy) is 1. The Morgan fingerprint density at radius 1 is 1.41 bits per heavy atom. The van der Waals surface area contributed by atoms with Crippen molar-refractivity contribution in [2.24, 2.45) is 0 Å². The molecule has 1 aliphatic heterocycles. The van der Waals surface area contributed by atoms with E-state index in [1.807, 2.05) is 24.3 Å². The molecule has 0 aliphatic carbocycles. The first-order valence-electron chi connectivity index (χ1n) is 6.20. The number of nitrogens with one attached hydrogen (secondary N) is 1. The number of methoxy groups -OCH3 is 1. The van der Waals surface area contributed by atoms with Crippen molar-refractivity contribution in [1.29, 1.82) is 0 Å². The molecule has 1 aliphatic rings. The van der Waals surface area contributed by atoms with Crippen LogP contribution < -0.4 is 5.32 Å². The fourth-order valence-corrected chi connectivity index (χ4v) is 2.27. The largest absolute Gasteiger partial charge is 0.465 e. The molecule has 1 unspecified atom stereocenters. The van der Waals surface area contributed by atoms with E-state index in [0.717, 1.165) is 13.0 Å². The molecule has 92 valence electrons. The number of benzene rings is 1. The van der Waals surface area contributed by atoms with Crippen molar-refractivity contribution in [1.82, 2.24) is 5.32 Å². The Kier molecular flexibility index (Phi) is 4.15. The average molecular weight is 233 g/mol. The number of carbonyl (C=O) groups excluding carboxylic acids is 1. The fourth-order valence-electron chi connectivity index (χ4n) is 2.27. The monoisotopic (exact) mass is 233 g/mol. The Bertz CT molecular complexity index is 366. The molecule has 17 heavy (non-hydrogen) atoms. The molecule has 0 saturated carbocycles. The highest BCUT2D eigenvalue weighted by atomic mass is 16.5. The molecule has 0 bridgehead atoms. The summed E-state index contributed by atoms with van der Waals surface area (Å²) in [7, 11) is 1.40. The lowest BCUT2D eigenvalue weighted by Crippen LogP contribution is -2.21. The molecule has 2 rings (SSSR count). The van der Waals surface area contributed by atoms with E-state index in [-0.39, 0.29) is 5.97 Å². The van der Waals surface area contributed by atoms with Crippen LogP contribution in [0.2, 0.25) is 0 Å². The summed E-state index contributed by atoms with van der Waals surface area (Å²) in [4.78, 5) is 11.3. The highest BCUT2D eigenvalue weighted by molar-refractivity contribution is 5.89. The Hall–Kier alpha value is -1.35. The standard InChI is InChI=1S/C14H19NO2/c1-17-14(16)12-7-4-11(5-8-12)6-9-13-3-2-10-15-13/h4-5,7-8,13,15H,2-3,6,9-10H2,1H3. The van der Waals surface area contributed by atoms with E-state index < -0.39 is 0 Å². The lowest BCUT2D eigenvalue weighted by atomic mass is 10.0. The quantitative estimate of drug-likeness (QED) is 0.810. The zero-order valence-electron chi connectivity index (χ0n) is 10.2. The number of esters is 1. The minimum absolute atomic E-state index is 0.269. The van der Waals surface area contributed by atoms with E-state index in [4.69, 9.17) is 0 Å². The maximum absolute atomic E-state index is 11.3. The van der Waals surface area contributed by atoms with E-state index in [9.17, 15) is 4.79 Å². The number of aryl methyl sites for hydroxylation is 1. The predicted octanol–water partition coefficient (Wildman–Crippen LogP) is 2.16. The summed E-state index contributed by atoms with van der Waals surface area (Å²) in [6, 6.07) is 8.38. The summed E-state index contributed by atoms with van der Waals surface area (Å²) in [6.45, 7) is 1.16. The lowest BCUT2D eigenvalue weighted by molar-refractivity contribution is 0.0600. The molecule has 3 nitrogen and oxygen atoms in total. The van der Waals surface area contributed by atoms with Gasteiger partial charge in [0.15, 0.2) is 0 Å². The summed E-state index contributed by atoms with van der Waals surface area (Å²) >= 11 is 0. The van der Waals surface area contributed by atoms with Crippen LogP contribution in [0.5, 0.6) is 0 Å². The summed E-state index contributed by atoms with van der Waals surface area (Å²) < 4.78 is 4.67. The van der Waals surface area contributed by atoms with Gasteiger partial charge in [-0.25, -0.2) is 4.79 Å². The topological polar surface area (TPSA) is 38.3 Å². The zero-order valence-corrected chi connectivity index (χ0v) is 10.2. The molecule has 0 amide bonds. The van der Waals surface area contributed by atoms with E-state index in [1.54, 1.807) is 0 Å². The lowest BCUT2D eigenvalue weighted by Gasteiger charge is -2.09. The van der Waals surface area contributed by atoms with Crippen molar-refractivity contribution in [2.45, 2.75) is 31.7 Å². The first-order chi connectivity index (χ1) is 8.29. The molecule has 1 fully saturated rings. The van der Waals surface area contributed by atoms with E-state index in [1.165, 1.54) is 31.9 Å². The minimum Gasteiger partial charge on any atom is -0.465 e. The Balaban J connectivity index is 1.87. The van der Waals surface area contributed by atoms with Crippen molar-refractivity contribution < 1.29 is 9.53 Å². The zero-order chi connectivity index (χ0) is 12.1. The van der Waals surface area contributed by atoms with Crippen LogP contribution >= 0.6 is 0 Å². The second-order valence-corrected chi connectivity index (χ2v) is 4.52. The molecule has 3 heteroatoms. The number of hydrogen-bond donors (Lipinski definition) is 1. The normalized spacial score (nSPS) is 19.2. The first kappa shape index (κ1) is 12.1. The van der Waals surface area contributed by atoms with Crippen molar-refractivity contribution in [3.8, 4) is 0 Å². The third-order valence-electron chi connectivity index (χ3n) is 3.32. The van der Waals surface area contributed by atoms with Crippen molar-refractivity contribution in [3.05, 3.63) is 35.4 Å². The van der Waals surface area contributed by atoms with Gasteiger partial charge in [-0.2, -0.15) is 0 Å². The summed E-state index contributed by atoms with van der Waals surface area (Å²) in [5.41, 5.74) is 1.90. The molecular weight excluding hydrogens is 214 g/mol. The van der Waals surface area contributed by atoms with Gasteiger partial charge >= 0.3 is 5.97 Å². The summed E-state index contributed by atoms with van der Waals surface area (Å²) in [6.07, 6.45) is 4.84. The maximum atomic E-state index is 11.3. The maximum Gasteiger partial charge on any atom is 0.337 e. The number of rotatable bonds is 4. The smallest absolute Gasteiger partial charge is 0.337 e. The minimum atomic E-state index is -0.269. The van der Waals surface area contributed by atoms with Crippen LogP contribution in [-0.2, 0) is 11.2 Å². The van der Waals surface area contributed by atoms with Crippen LogP contribution in [0.3, 0.4) is 0 Å². The molecule has 1 atom stereocenters. The van der Waals surface area contributed by atoms with E-state index in [2.05, 4.69) is 10.1 Å². The van der Waals surface area contributed by atoms with Gasteiger partial charge in [-0.15, -0.1) is 0 Å². The van der Waals surface area contributed by atoms with Gasteiger partial charge in [0.25, 0.3) is 0 Å². The molecule has 1 N–H and O–H groups in total. The second kappa shape index (κ2) is 5.82. The third kappa shape index (κ3) is 3.30. The molecular formula is C14H19NO2. The number of carbonyl (C=O) groups is 1. The Morgan fingerprint density at radius 2 is 2.18 bits per heavy atom. The molecule has 0 aromatic heterocycles. The molecule has 0 radical (unpaired) electrons. The summed E-state index contributed by atoms with van der Waals surface area (Å²) in [5, 5.41) is 3.49. The van der Waals surface area contributed by atoms with Gasteiger partial charge in [-0.1, -0.05) is 12.1 Å². The van der Waals surface area contributed by atoms with Gasteiger partial charge in [-0.3, -0.25) is 0 Å². The van der Waals surface area contributed by atoms with Crippen LogP contribution in [0, 0.1) is 0 Å². The number of hydrogen-bond acceptors (Lipinski definition) is 3. The van der Waals surface area contributed by atoms with Crippen LogP contribution in [0.4, 0.5) is 0 Å². The van der Waals surface area contributed by atoms with Gasteiger partial charge in [0.2, 0.25) is 0 Å². The van der Waals surface area contributed by atoms with Crippen LogP contribution in [-0.4, -0.2) is 25.7 Å². The van der Waals surface area contributed by atoms with Gasteiger partial charge in [0, 0.05) is 6.04 Å². The molecule has 1 aromatic carbocycles. The fraction of sp³-hybridized carbons (Fsp3) is 0.500. The van der Waals surface area contributed by atoms with Crippen LogP contribution in [0.1, 0.15) is 35.2 Å². The van der Waals surface area contributed by atoms with Gasteiger partial charge in [0.1, 0.15) is 0 Å². The Morgan fingerprint density at radius 3 is 2.76 bits per heavy atom. The predicted molar refractivity (Wildman–Crippen MR) is 67.1 cm³/mol. The molecule has 1 aromatic rings.